The van der Waals surface area contributed by atoms with Crippen LogP contribution in [0.5, 0.6) is 0 Å². The van der Waals surface area contributed by atoms with Gasteiger partial charge >= 0.3 is 36.6 Å². The highest BCUT2D eigenvalue weighted by Crippen LogP contribution is 2.33. The van der Waals surface area contributed by atoms with E-state index in [1.54, 1.807) is 48.5 Å². The first-order chi connectivity index (χ1) is 31.1. The lowest BCUT2D eigenvalue weighted by Crippen LogP contribution is -2.27. The number of urea groups is 3. The van der Waals surface area contributed by atoms with E-state index in [-0.39, 0.29) is 36.7 Å². The Hall–Kier alpha value is -7.54. The van der Waals surface area contributed by atoms with E-state index in [0.29, 0.717) is 33.8 Å². The molecule has 66 heavy (non-hydrogen) atoms. The van der Waals surface area contributed by atoms with Gasteiger partial charge in [-0.15, -0.1) is 0 Å². The van der Waals surface area contributed by atoms with Gasteiger partial charge < -0.3 is 31.9 Å². The van der Waals surface area contributed by atoms with E-state index in [1.807, 2.05) is 30.9 Å². The number of aryl methyl sites for hydroxylation is 2. The van der Waals surface area contributed by atoms with Crippen molar-refractivity contribution in [3.05, 3.63) is 178 Å². The van der Waals surface area contributed by atoms with Crippen molar-refractivity contribution in [1.29, 1.82) is 0 Å². The summed E-state index contributed by atoms with van der Waals surface area (Å²) < 4.78 is 118. The van der Waals surface area contributed by atoms with Crippen LogP contribution in [-0.2, 0) is 38.2 Å². The van der Waals surface area contributed by atoms with E-state index in [2.05, 4.69) is 31.9 Å². The molecule has 19 heteroatoms. The van der Waals surface area contributed by atoms with Gasteiger partial charge in [-0.2, -0.15) is 39.5 Å². The predicted octanol–water partition coefficient (Wildman–Crippen LogP) is 13.5. The maximum Gasteiger partial charge on any atom is 0.416 e. The van der Waals surface area contributed by atoms with E-state index in [1.165, 1.54) is 0 Å². The van der Waals surface area contributed by atoms with Gasteiger partial charge in [-0.25, -0.2) is 14.4 Å². The lowest BCUT2D eigenvalue weighted by molar-refractivity contribution is -0.138. The maximum atomic E-state index is 13.2. The summed E-state index contributed by atoms with van der Waals surface area (Å²) in [5, 5.41) is 15.9. The molecule has 0 aromatic heterocycles. The molecule has 0 bridgehead atoms. The maximum absolute atomic E-state index is 13.2. The Morgan fingerprint density at radius 1 is 0.394 bits per heavy atom. The number of nitrogens with one attached hydrogen (secondary N) is 6. The largest absolute Gasteiger partial charge is 0.416 e. The quantitative estimate of drug-likeness (QED) is 0.0684. The molecule has 0 fully saturated rings. The molecule has 0 saturated heterocycles. The normalized spacial score (nSPS) is 11.8. The Morgan fingerprint density at radius 3 is 1.03 bits per heavy atom. The number of alkyl halides is 9. The summed E-state index contributed by atoms with van der Waals surface area (Å²) in [5.74, 6) is 0. The number of amides is 6. The smallest absolute Gasteiger partial charge is 0.308 e. The Bertz CT molecular complexity index is 2550. The molecule has 0 aliphatic carbocycles. The van der Waals surface area contributed by atoms with Gasteiger partial charge in [-0.05, 0) is 122 Å². The van der Waals surface area contributed by atoms with Crippen molar-refractivity contribution in [2.24, 2.45) is 0 Å². The number of benzene rings is 6. The Labute approximate surface area is 372 Å². The first-order valence-corrected chi connectivity index (χ1v) is 19.8. The van der Waals surface area contributed by atoms with Gasteiger partial charge in [0.15, 0.2) is 0 Å². The van der Waals surface area contributed by atoms with Crippen molar-refractivity contribution in [2.75, 3.05) is 31.9 Å². The minimum absolute atomic E-state index is 0.100. The predicted molar refractivity (Wildman–Crippen MR) is 234 cm³/mol. The number of rotatable bonds is 12. The highest BCUT2D eigenvalue weighted by atomic mass is 19.4. The first-order valence-electron chi connectivity index (χ1n) is 19.8. The number of carbonyl (C=O) groups excluding carboxylic acids is 3. The lowest BCUT2D eigenvalue weighted by Gasteiger charge is -2.27. The molecule has 0 saturated carbocycles. The second kappa shape index (κ2) is 20.1. The number of halogens is 9. The molecule has 6 aromatic rings. The van der Waals surface area contributed by atoms with E-state index in [9.17, 15) is 53.9 Å². The highest BCUT2D eigenvalue weighted by molar-refractivity contribution is 6.01. The molecule has 0 atom stereocenters. The van der Waals surface area contributed by atoms with Crippen molar-refractivity contribution in [3.8, 4) is 0 Å². The van der Waals surface area contributed by atoms with Gasteiger partial charge in [0.25, 0.3) is 0 Å². The average molecular weight is 922 g/mol. The number of hydrogen-bond donors (Lipinski definition) is 6. The van der Waals surface area contributed by atoms with Crippen LogP contribution >= 0.6 is 0 Å². The molecule has 0 aliphatic heterocycles. The van der Waals surface area contributed by atoms with Crippen LogP contribution in [-0.4, -0.2) is 23.0 Å². The molecule has 0 heterocycles. The molecule has 6 N–H and O–H groups in total. The Kier molecular flexibility index (Phi) is 14.6. The van der Waals surface area contributed by atoms with Gasteiger partial charge in [-0.1, -0.05) is 53.6 Å². The molecular formula is C47H40F9N7O3. The monoisotopic (exact) mass is 921 g/mol. The minimum Gasteiger partial charge on any atom is -0.308 e. The number of carbonyl (C=O) groups is 3. The van der Waals surface area contributed by atoms with Crippen LogP contribution in [0.1, 0.15) is 44.5 Å². The summed E-state index contributed by atoms with van der Waals surface area (Å²) in [6, 6.07) is 26.6. The molecule has 6 amide bonds. The molecule has 0 unspecified atom stereocenters. The third-order valence-corrected chi connectivity index (χ3v) is 9.88. The zero-order valence-corrected chi connectivity index (χ0v) is 34.9. The van der Waals surface area contributed by atoms with Crippen LogP contribution < -0.4 is 31.9 Å². The zero-order chi connectivity index (χ0) is 47.8. The van der Waals surface area contributed by atoms with Gasteiger partial charge in [0.1, 0.15) is 0 Å². The Morgan fingerprint density at radius 2 is 0.697 bits per heavy atom. The molecule has 10 nitrogen and oxygen atoms in total. The Balaban J connectivity index is 1.27. The van der Waals surface area contributed by atoms with Crippen molar-refractivity contribution in [1.82, 2.24) is 4.90 Å². The average Bonchev–Trinajstić information content (AvgIpc) is 3.23. The molecule has 6 rings (SSSR count). The van der Waals surface area contributed by atoms with Crippen LogP contribution in [0.2, 0.25) is 0 Å². The SMILES string of the molecule is Cc1ccc(NC(=O)Nc2ccc(C(F)(F)F)cc2)c(CN(Cc2ccccc2NC(=O)Nc2ccc(C(F)(F)F)cc2)Cc2cc(C)ccc2NC(=O)Nc2ccc(C(F)(F)F)cc2)c1. The second-order valence-electron chi connectivity index (χ2n) is 15.1. The fourth-order valence-corrected chi connectivity index (χ4v) is 6.70. The number of para-hydroxylation sites is 1. The van der Waals surface area contributed by atoms with Crippen molar-refractivity contribution < 1.29 is 53.9 Å². The number of anilines is 6. The van der Waals surface area contributed by atoms with E-state index in [4.69, 9.17) is 0 Å². The van der Waals surface area contributed by atoms with Gasteiger partial charge in [-0.3, -0.25) is 4.90 Å². The van der Waals surface area contributed by atoms with E-state index in [0.717, 1.165) is 83.9 Å². The second-order valence-corrected chi connectivity index (χ2v) is 15.1. The fraction of sp³-hybridized carbons (Fsp3) is 0.170. The van der Waals surface area contributed by atoms with Gasteiger partial charge in [0.05, 0.1) is 16.7 Å². The molecule has 6 aromatic carbocycles. The molecule has 0 radical (unpaired) electrons. The number of hydrogen-bond acceptors (Lipinski definition) is 4. The summed E-state index contributed by atoms with van der Waals surface area (Å²) >= 11 is 0. The van der Waals surface area contributed by atoms with Crippen molar-refractivity contribution in [2.45, 2.75) is 52.0 Å². The topological polar surface area (TPSA) is 127 Å². The molecule has 344 valence electrons. The van der Waals surface area contributed by atoms with Crippen LogP contribution in [0.15, 0.2) is 133 Å². The summed E-state index contributed by atoms with van der Waals surface area (Å²) in [6.45, 7) is 3.97. The molecule has 0 spiro atoms. The third-order valence-electron chi connectivity index (χ3n) is 9.88. The third kappa shape index (κ3) is 13.5. The van der Waals surface area contributed by atoms with Crippen LogP contribution in [0, 0.1) is 13.8 Å². The molecular weight excluding hydrogens is 882 g/mol. The summed E-state index contributed by atoms with van der Waals surface area (Å²) in [7, 11) is 0. The molecule has 0 aliphatic rings. The summed E-state index contributed by atoms with van der Waals surface area (Å²) in [6.07, 6.45) is -13.7. The number of nitrogens with zero attached hydrogens (tertiary/aromatic N) is 1. The summed E-state index contributed by atoms with van der Waals surface area (Å²) in [5.41, 5.74) is 2.01. The van der Waals surface area contributed by atoms with Crippen LogP contribution in [0.4, 0.5) is 88.0 Å². The first kappa shape index (κ1) is 47.9. The zero-order valence-electron chi connectivity index (χ0n) is 34.9. The van der Waals surface area contributed by atoms with Gasteiger partial charge in [0, 0.05) is 53.8 Å². The lowest BCUT2D eigenvalue weighted by atomic mass is 10.0. The highest BCUT2D eigenvalue weighted by Gasteiger charge is 2.32. The standard InChI is InChI=1S/C47H40F9N7O3/c1-28-7-21-40(61-43(65)58-37-17-11-34(12-18-37)46(51,52)53)31(23-28)26-63(25-30-5-3-4-6-39(30)60-42(64)57-36-15-9-33(10-16-36)45(48,49)50)27-32-24-29(2)8-22-41(32)62-44(66)59-38-19-13-35(14-20-38)47(54,55)56/h3-24H,25-27H2,1-2H3,(H2,57,60,64)(H2,58,61,65)(H2,59,62,66). The van der Waals surface area contributed by atoms with E-state index < -0.39 is 53.3 Å². The van der Waals surface area contributed by atoms with Crippen LogP contribution in [0.25, 0.3) is 0 Å². The van der Waals surface area contributed by atoms with Crippen LogP contribution in [0.3, 0.4) is 0 Å². The van der Waals surface area contributed by atoms with Gasteiger partial charge in [0.2, 0.25) is 0 Å². The minimum atomic E-state index is -4.57. The van der Waals surface area contributed by atoms with Crippen molar-refractivity contribution in [3.63, 3.8) is 0 Å². The van der Waals surface area contributed by atoms with Crippen molar-refractivity contribution >= 4 is 52.2 Å². The van der Waals surface area contributed by atoms with E-state index >= 15 is 0 Å². The summed E-state index contributed by atoms with van der Waals surface area (Å²) in [4.78, 5) is 41.6. The fourth-order valence-electron chi connectivity index (χ4n) is 6.70.